The van der Waals surface area contributed by atoms with E-state index in [2.05, 4.69) is 13.8 Å². The molecule has 3 N–H and O–H groups in total. The highest BCUT2D eigenvalue weighted by atomic mass is 16.4. The molecule has 0 spiro atoms. The zero-order valence-corrected chi connectivity index (χ0v) is 19.1. The van der Waals surface area contributed by atoms with Gasteiger partial charge in [-0.15, -0.1) is 0 Å². The minimum Gasteiger partial charge on any atom is -0.481 e. The van der Waals surface area contributed by atoms with Gasteiger partial charge in [-0.2, -0.15) is 0 Å². The average Bonchev–Trinajstić information content (AvgIpc) is 3.00. The van der Waals surface area contributed by atoms with Crippen LogP contribution in [0, 0.1) is 34.5 Å². The molecule has 0 heterocycles. The Morgan fingerprint density at radius 2 is 1.76 bits per heavy atom. The molecule has 4 rings (SSSR count). The van der Waals surface area contributed by atoms with Gasteiger partial charge in [-0.25, -0.2) is 0 Å². The van der Waals surface area contributed by atoms with Gasteiger partial charge in [0.25, 0.3) is 0 Å². The number of fused-ring (bicyclic) bond motifs is 5. The zero-order chi connectivity index (χ0) is 21.4. The van der Waals surface area contributed by atoms with Gasteiger partial charge in [0.15, 0.2) is 0 Å². The van der Waals surface area contributed by atoms with Gasteiger partial charge in [0.05, 0.1) is 0 Å². The SMILES string of the molecule is CC.CC12CCC3C(C(=O)CC4(N)CCCCC34C)C1CCC2CCCC(=O)O. The van der Waals surface area contributed by atoms with Crippen LogP contribution >= 0.6 is 0 Å². The third-order valence-electron chi connectivity index (χ3n) is 9.80. The highest BCUT2D eigenvalue weighted by Gasteiger charge is 2.65. The average molecular weight is 406 g/mol. The largest absolute Gasteiger partial charge is 0.481 e. The van der Waals surface area contributed by atoms with Crippen LogP contribution in [0.4, 0.5) is 0 Å². The van der Waals surface area contributed by atoms with Gasteiger partial charge in [-0.05, 0) is 80.0 Å². The van der Waals surface area contributed by atoms with Crippen molar-refractivity contribution in [1.29, 1.82) is 0 Å². The van der Waals surface area contributed by atoms with Crippen LogP contribution in [0.1, 0.15) is 105 Å². The molecule has 0 aromatic heterocycles. The Kier molecular flexibility index (Phi) is 6.54. The lowest BCUT2D eigenvalue weighted by Gasteiger charge is -2.63. The number of carboxylic acid groups (broad SMARTS) is 1. The van der Waals surface area contributed by atoms with Gasteiger partial charge in [0, 0.05) is 24.3 Å². The summed E-state index contributed by atoms with van der Waals surface area (Å²) in [4.78, 5) is 24.3. The predicted octanol–water partition coefficient (Wildman–Crippen LogP) is 5.58. The molecule has 7 atom stereocenters. The molecule has 4 heteroatoms. The van der Waals surface area contributed by atoms with Crippen molar-refractivity contribution >= 4 is 11.8 Å². The van der Waals surface area contributed by atoms with Crippen LogP contribution in [0.25, 0.3) is 0 Å². The number of rotatable bonds is 4. The van der Waals surface area contributed by atoms with Gasteiger partial charge in [-0.3, -0.25) is 9.59 Å². The van der Waals surface area contributed by atoms with E-state index in [4.69, 9.17) is 10.8 Å². The summed E-state index contributed by atoms with van der Waals surface area (Å²) in [6.45, 7) is 8.81. The van der Waals surface area contributed by atoms with E-state index in [0.29, 0.717) is 30.0 Å². The first-order valence-electron chi connectivity index (χ1n) is 12.2. The van der Waals surface area contributed by atoms with Crippen molar-refractivity contribution < 1.29 is 14.7 Å². The van der Waals surface area contributed by atoms with E-state index in [-0.39, 0.29) is 28.7 Å². The molecule has 7 unspecified atom stereocenters. The Balaban J connectivity index is 0.00000117. The van der Waals surface area contributed by atoms with E-state index < -0.39 is 5.97 Å². The zero-order valence-electron chi connectivity index (χ0n) is 19.1. The van der Waals surface area contributed by atoms with E-state index in [1.54, 1.807) is 0 Å². The van der Waals surface area contributed by atoms with Crippen molar-refractivity contribution in [3.05, 3.63) is 0 Å². The monoisotopic (exact) mass is 405 g/mol. The summed E-state index contributed by atoms with van der Waals surface area (Å²) in [6, 6.07) is 0. The normalized spacial score (nSPS) is 46.0. The maximum atomic E-state index is 13.4. The summed E-state index contributed by atoms with van der Waals surface area (Å²) in [5.74, 6) is 1.49. The lowest BCUT2D eigenvalue weighted by Crippen LogP contribution is -2.67. The number of aliphatic carboxylic acids is 1. The molecule has 0 aliphatic heterocycles. The van der Waals surface area contributed by atoms with Crippen LogP contribution in [0.5, 0.6) is 0 Å². The van der Waals surface area contributed by atoms with Crippen LogP contribution in [0.3, 0.4) is 0 Å². The Labute approximate surface area is 177 Å². The van der Waals surface area contributed by atoms with Crippen molar-refractivity contribution in [2.75, 3.05) is 0 Å². The quantitative estimate of drug-likeness (QED) is 0.640. The Morgan fingerprint density at radius 3 is 2.45 bits per heavy atom. The molecule has 4 aliphatic rings. The van der Waals surface area contributed by atoms with Gasteiger partial charge in [0.1, 0.15) is 5.78 Å². The number of nitrogens with two attached hydrogens (primary N) is 1. The number of carbonyl (C=O) groups excluding carboxylic acids is 1. The number of carboxylic acids is 1. The number of hydrogen-bond donors (Lipinski definition) is 2. The van der Waals surface area contributed by atoms with Crippen LogP contribution in [0.15, 0.2) is 0 Å². The molecule has 4 aliphatic carbocycles. The number of ketones is 1. The molecular weight excluding hydrogens is 362 g/mol. The number of hydrogen-bond acceptors (Lipinski definition) is 3. The Morgan fingerprint density at radius 1 is 1.07 bits per heavy atom. The maximum absolute atomic E-state index is 13.4. The fraction of sp³-hybridized carbons (Fsp3) is 0.920. The smallest absolute Gasteiger partial charge is 0.303 e. The van der Waals surface area contributed by atoms with Crippen molar-refractivity contribution in [1.82, 2.24) is 0 Å². The Bertz CT molecular complexity index is 634. The van der Waals surface area contributed by atoms with Crippen LogP contribution < -0.4 is 5.73 Å². The molecule has 0 aromatic rings. The van der Waals surface area contributed by atoms with Crippen molar-refractivity contribution in [2.24, 2.45) is 40.2 Å². The summed E-state index contributed by atoms with van der Waals surface area (Å²) < 4.78 is 0. The maximum Gasteiger partial charge on any atom is 0.303 e. The second kappa shape index (κ2) is 8.32. The molecule has 0 radical (unpaired) electrons. The summed E-state index contributed by atoms with van der Waals surface area (Å²) in [5, 5.41) is 8.98. The van der Waals surface area contributed by atoms with Gasteiger partial charge >= 0.3 is 5.97 Å². The van der Waals surface area contributed by atoms with E-state index in [1.165, 1.54) is 32.1 Å². The molecule has 0 bridgehead atoms. The van der Waals surface area contributed by atoms with E-state index in [1.807, 2.05) is 13.8 Å². The van der Waals surface area contributed by atoms with Gasteiger partial charge in [0.2, 0.25) is 0 Å². The second-order valence-electron chi connectivity index (χ2n) is 10.8. The third kappa shape index (κ3) is 3.58. The highest BCUT2D eigenvalue weighted by molar-refractivity contribution is 5.84. The molecule has 29 heavy (non-hydrogen) atoms. The van der Waals surface area contributed by atoms with E-state index in [9.17, 15) is 9.59 Å². The summed E-state index contributed by atoms with van der Waals surface area (Å²) in [7, 11) is 0. The molecule has 4 nitrogen and oxygen atoms in total. The third-order valence-corrected chi connectivity index (χ3v) is 9.80. The summed E-state index contributed by atoms with van der Waals surface area (Å²) in [5.41, 5.74) is 6.96. The van der Waals surface area contributed by atoms with Gasteiger partial charge in [-0.1, -0.05) is 40.5 Å². The van der Waals surface area contributed by atoms with Crippen LogP contribution in [-0.4, -0.2) is 22.4 Å². The molecule has 4 fully saturated rings. The second-order valence-corrected chi connectivity index (χ2v) is 10.8. The molecule has 4 saturated carbocycles. The first-order valence-corrected chi connectivity index (χ1v) is 12.2. The van der Waals surface area contributed by atoms with Crippen LogP contribution in [-0.2, 0) is 9.59 Å². The molecule has 0 aromatic carbocycles. The fourth-order valence-electron chi connectivity index (χ4n) is 8.13. The van der Waals surface area contributed by atoms with E-state index in [0.717, 1.165) is 32.1 Å². The van der Waals surface area contributed by atoms with Gasteiger partial charge < -0.3 is 10.8 Å². The lowest BCUT2D eigenvalue weighted by atomic mass is 9.42. The number of Topliss-reactive ketones (excluding diaryl/α,β-unsaturated/α-hetero) is 1. The first-order chi connectivity index (χ1) is 13.7. The van der Waals surface area contributed by atoms with E-state index >= 15 is 0 Å². The Hall–Kier alpha value is -0.900. The number of carbonyl (C=O) groups is 2. The fourth-order valence-corrected chi connectivity index (χ4v) is 8.13. The molecule has 0 saturated heterocycles. The van der Waals surface area contributed by atoms with Crippen molar-refractivity contribution in [3.63, 3.8) is 0 Å². The molecular formula is C25H43NO3. The molecule has 166 valence electrons. The standard InChI is InChI=1S/C23H37NO3.C2H6/c1-21-13-10-17-20(16(21)9-8-15(21)6-5-7-19(26)27)18(25)14-23(24)12-4-3-11-22(17,23)2;1-2/h15-17,20H,3-14,24H2,1-2H3,(H,26,27);1-2H3. The van der Waals surface area contributed by atoms with Crippen molar-refractivity contribution in [2.45, 2.75) is 110 Å². The predicted molar refractivity (Wildman–Crippen MR) is 116 cm³/mol. The first kappa shape index (κ1) is 22.8. The highest BCUT2D eigenvalue weighted by Crippen LogP contribution is 2.67. The van der Waals surface area contributed by atoms with Crippen LogP contribution in [0.2, 0.25) is 0 Å². The topological polar surface area (TPSA) is 80.4 Å². The molecule has 0 amide bonds. The summed E-state index contributed by atoms with van der Waals surface area (Å²) in [6.07, 6.45) is 11.9. The summed E-state index contributed by atoms with van der Waals surface area (Å²) >= 11 is 0. The minimum absolute atomic E-state index is 0.118. The lowest BCUT2D eigenvalue weighted by molar-refractivity contribution is -0.159. The van der Waals surface area contributed by atoms with Crippen molar-refractivity contribution in [3.8, 4) is 0 Å². The minimum atomic E-state index is -0.689.